The molecule has 4 heteroatoms. The van der Waals surface area contributed by atoms with E-state index in [0.717, 1.165) is 0 Å². The van der Waals surface area contributed by atoms with E-state index < -0.39 is 18.3 Å². The third-order valence-electron chi connectivity index (χ3n) is 2.00. The standard InChI is InChI=1S/C7H13O4/c1-11-5-3-2-4(8)6(9)7(5)10/h4,6-10H,2-3H2,1H3. The fourth-order valence-electron chi connectivity index (χ4n) is 1.23. The Kier molecular flexibility index (Phi) is 2.84. The molecule has 1 aliphatic carbocycles. The van der Waals surface area contributed by atoms with Crippen LogP contribution >= 0.6 is 0 Å². The van der Waals surface area contributed by atoms with Gasteiger partial charge in [-0.15, -0.1) is 0 Å². The van der Waals surface area contributed by atoms with Crippen LogP contribution in [0.25, 0.3) is 0 Å². The summed E-state index contributed by atoms with van der Waals surface area (Å²) in [6, 6.07) is 0. The largest absolute Gasteiger partial charge is 0.390 e. The number of aliphatic hydroxyl groups excluding tert-OH is 3. The van der Waals surface area contributed by atoms with Crippen LogP contribution in [0.5, 0.6) is 0 Å². The average molecular weight is 161 g/mol. The van der Waals surface area contributed by atoms with E-state index in [0.29, 0.717) is 18.9 Å². The molecule has 0 amide bonds. The van der Waals surface area contributed by atoms with Gasteiger partial charge in [0.25, 0.3) is 0 Å². The second-order valence-electron chi connectivity index (χ2n) is 2.71. The maximum absolute atomic E-state index is 9.24. The minimum absolute atomic E-state index is 0.446. The lowest BCUT2D eigenvalue weighted by Gasteiger charge is -2.33. The molecular formula is C7H13O4. The highest BCUT2D eigenvalue weighted by Gasteiger charge is 2.37. The van der Waals surface area contributed by atoms with Crippen molar-refractivity contribution in [2.45, 2.75) is 31.2 Å². The summed E-state index contributed by atoms with van der Waals surface area (Å²) < 4.78 is 4.82. The fourth-order valence-corrected chi connectivity index (χ4v) is 1.23. The van der Waals surface area contributed by atoms with Crippen molar-refractivity contribution in [3.63, 3.8) is 0 Å². The predicted molar refractivity (Wildman–Crippen MR) is 37.5 cm³/mol. The summed E-state index contributed by atoms with van der Waals surface area (Å²) in [4.78, 5) is 0. The van der Waals surface area contributed by atoms with Crippen molar-refractivity contribution in [2.24, 2.45) is 0 Å². The molecule has 1 rings (SSSR count). The van der Waals surface area contributed by atoms with Crippen LogP contribution in [-0.4, -0.2) is 40.7 Å². The van der Waals surface area contributed by atoms with Gasteiger partial charge < -0.3 is 20.1 Å². The van der Waals surface area contributed by atoms with Gasteiger partial charge in [-0.3, -0.25) is 0 Å². The van der Waals surface area contributed by atoms with Crippen LogP contribution in [-0.2, 0) is 4.74 Å². The van der Waals surface area contributed by atoms with Gasteiger partial charge in [0, 0.05) is 7.11 Å². The molecule has 1 saturated carbocycles. The summed E-state index contributed by atoms with van der Waals surface area (Å²) in [7, 11) is 1.45. The molecule has 3 N–H and O–H groups in total. The van der Waals surface area contributed by atoms with E-state index in [9.17, 15) is 5.11 Å². The maximum Gasteiger partial charge on any atom is 0.128 e. The van der Waals surface area contributed by atoms with Crippen LogP contribution < -0.4 is 0 Å². The number of hydrogen-bond acceptors (Lipinski definition) is 4. The van der Waals surface area contributed by atoms with Crippen LogP contribution in [0.4, 0.5) is 0 Å². The third kappa shape index (κ3) is 1.70. The molecule has 1 fully saturated rings. The van der Waals surface area contributed by atoms with E-state index in [1.807, 2.05) is 0 Å². The van der Waals surface area contributed by atoms with E-state index in [-0.39, 0.29) is 0 Å². The number of ether oxygens (including phenoxy) is 1. The maximum atomic E-state index is 9.24. The number of hydrogen-bond donors (Lipinski definition) is 3. The monoisotopic (exact) mass is 161 g/mol. The second kappa shape index (κ2) is 3.49. The van der Waals surface area contributed by atoms with Gasteiger partial charge in [0.1, 0.15) is 18.3 Å². The number of methoxy groups -OCH3 is 1. The average Bonchev–Trinajstić information content (AvgIpc) is 2.01. The number of rotatable bonds is 1. The molecule has 0 aliphatic heterocycles. The smallest absolute Gasteiger partial charge is 0.128 e. The lowest BCUT2D eigenvalue weighted by Crippen LogP contribution is -2.45. The van der Waals surface area contributed by atoms with Crippen molar-refractivity contribution in [3.8, 4) is 0 Å². The van der Waals surface area contributed by atoms with E-state index in [1.165, 1.54) is 7.11 Å². The Morgan fingerprint density at radius 3 is 2.55 bits per heavy atom. The molecule has 0 aromatic heterocycles. The molecular weight excluding hydrogens is 148 g/mol. The minimum Gasteiger partial charge on any atom is -0.390 e. The summed E-state index contributed by atoms with van der Waals surface area (Å²) in [5.41, 5.74) is 0. The molecule has 0 heterocycles. The molecule has 0 spiro atoms. The zero-order valence-electron chi connectivity index (χ0n) is 6.40. The Labute approximate surface area is 65.4 Å². The van der Waals surface area contributed by atoms with Gasteiger partial charge in [0.2, 0.25) is 0 Å². The topological polar surface area (TPSA) is 69.9 Å². The molecule has 4 nitrogen and oxygen atoms in total. The van der Waals surface area contributed by atoms with Gasteiger partial charge in [0.05, 0.1) is 6.10 Å². The minimum atomic E-state index is -1.10. The quantitative estimate of drug-likeness (QED) is 0.463. The van der Waals surface area contributed by atoms with E-state index >= 15 is 0 Å². The highest BCUT2D eigenvalue weighted by molar-refractivity contribution is 4.99. The molecule has 1 radical (unpaired) electrons. The van der Waals surface area contributed by atoms with Crippen LogP contribution in [0.1, 0.15) is 12.8 Å². The zero-order valence-corrected chi connectivity index (χ0v) is 6.40. The van der Waals surface area contributed by atoms with Crippen molar-refractivity contribution < 1.29 is 20.1 Å². The van der Waals surface area contributed by atoms with E-state index in [1.54, 1.807) is 0 Å². The van der Waals surface area contributed by atoms with Gasteiger partial charge in [-0.1, -0.05) is 0 Å². The third-order valence-corrected chi connectivity index (χ3v) is 2.00. The first kappa shape index (κ1) is 8.93. The molecule has 11 heavy (non-hydrogen) atoms. The van der Waals surface area contributed by atoms with Gasteiger partial charge in [-0.25, -0.2) is 0 Å². The highest BCUT2D eigenvalue weighted by Crippen LogP contribution is 2.27. The summed E-state index contributed by atoms with van der Waals surface area (Å²) in [5, 5.41) is 27.5. The van der Waals surface area contributed by atoms with Crippen LogP contribution in [0.3, 0.4) is 0 Å². The predicted octanol–water partition coefficient (Wildman–Crippen LogP) is -0.959. The molecule has 1 aliphatic rings. The number of aliphatic hydroxyl groups is 3. The molecule has 0 aromatic rings. The summed E-state index contributed by atoms with van der Waals surface area (Å²) in [6.45, 7) is 0. The van der Waals surface area contributed by atoms with Crippen molar-refractivity contribution >= 4 is 0 Å². The summed E-state index contributed by atoms with van der Waals surface area (Å²) in [5.74, 6) is 0. The second-order valence-corrected chi connectivity index (χ2v) is 2.71. The SMILES string of the molecule is CO[C]1CCC(O)C(O)C1O. The van der Waals surface area contributed by atoms with Gasteiger partial charge >= 0.3 is 0 Å². The summed E-state index contributed by atoms with van der Waals surface area (Å²) >= 11 is 0. The van der Waals surface area contributed by atoms with Gasteiger partial charge in [0.15, 0.2) is 0 Å². The van der Waals surface area contributed by atoms with E-state index in [4.69, 9.17) is 14.9 Å². The highest BCUT2D eigenvalue weighted by atomic mass is 16.5. The molecule has 65 valence electrons. The van der Waals surface area contributed by atoms with Crippen LogP contribution in [0.2, 0.25) is 0 Å². The Balaban J connectivity index is 2.52. The first-order valence-electron chi connectivity index (χ1n) is 3.60. The van der Waals surface area contributed by atoms with Crippen LogP contribution in [0, 0.1) is 6.10 Å². The van der Waals surface area contributed by atoms with E-state index in [2.05, 4.69) is 0 Å². The van der Waals surface area contributed by atoms with Crippen LogP contribution in [0.15, 0.2) is 0 Å². The molecule has 0 bridgehead atoms. The first-order valence-corrected chi connectivity index (χ1v) is 3.60. The Morgan fingerprint density at radius 2 is 2.00 bits per heavy atom. The molecule has 0 saturated heterocycles. The first-order chi connectivity index (χ1) is 5.16. The van der Waals surface area contributed by atoms with Gasteiger partial charge in [-0.05, 0) is 12.8 Å². The van der Waals surface area contributed by atoms with Gasteiger partial charge in [-0.2, -0.15) is 0 Å². The Bertz CT molecular complexity index is 126. The lowest BCUT2D eigenvalue weighted by molar-refractivity contribution is -0.106. The normalized spacial score (nSPS) is 40.9. The van der Waals surface area contributed by atoms with Crippen molar-refractivity contribution in [2.75, 3.05) is 7.11 Å². The van der Waals surface area contributed by atoms with Crippen molar-refractivity contribution in [1.82, 2.24) is 0 Å². The van der Waals surface area contributed by atoms with Crippen molar-refractivity contribution in [1.29, 1.82) is 0 Å². The van der Waals surface area contributed by atoms with Crippen molar-refractivity contribution in [3.05, 3.63) is 6.10 Å². The Morgan fingerprint density at radius 1 is 1.36 bits per heavy atom. The lowest BCUT2D eigenvalue weighted by atomic mass is 9.90. The fraction of sp³-hybridized carbons (Fsp3) is 0.857. The Hall–Kier alpha value is -0.160. The summed E-state index contributed by atoms with van der Waals surface area (Å²) in [6.07, 6.45) is -1.56. The molecule has 0 aromatic carbocycles. The molecule has 3 atom stereocenters. The molecule has 3 unspecified atom stereocenters. The zero-order chi connectivity index (χ0) is 8.43.